The fourth-order valence-electron chi connectivity index (χ4n) is 0.995. The number of carbonyl (C=O) groups is 1. The lowest BCUT2D eigenvalue weighted by molar-refractivity contribution is -0.134. The van der Waals surface area contributed by atoms with E-state index in [1.54, 1.807) is 13.0 Å². The standard InChI is InChI=1S/C9H13N3O3/c1-3-15-7-4-6(2)11-9(12-7)10-5-8(13)14/h4H,3,5H2,1-2H3,(H,13,14)(H,10,11,12). The van der Waals surface area contributed by atoms with E-state index in [-0.39, 0.29) is 12.5 Å². The molecule has 0 atom stereocenters. The number of hydrogen-bond donors (Lipinski definition) is 2. The number of ether oxygens (including phenoxy) is 1. The lowest BCUT2D eigenvalue weighted by Crippen LogP contribution is -2.14. The van der Waals surface area contributed by atoms with Crippen LogP contribution in [-0.4, -0.2) is 34.2 Å². The largest absolute Gasteiger partial charge is 0.480 e. The molecule has 0 aliphatic heterocycles. The second-order valence-electron chi connectivity index (χ2n) is 2.85. The van der Waals surface area contributed by atoms with Crippen LogP contribution in [0.3, 0.4) is 0 Å². The van der Waals surface area contributed by atoms with Gasteiger partial charge in [0, 0.05) is 11.8 Å². The summed E-state index contributed by atoms with van der Waals surface area (Å²) in [6, 6.07) is 1.69. The van der Waals surface area contributed by atoms with Crippen LogP contribution in [0.25, 0.3) is 0 Å². The van der Waals surface area contributed by atoms with Crippen molar-refractivity contribution in [2.45, 2.75) is 13.8 Å². The summed E-state index contributed by atoms with van der Waals surface area (Å²) in [5.74, 6) is -0.253. The molecule has 1 heterocycles. The highest BCUT2D eigenvalue weighted by molar-refractivity contribution is 5.71. The van der Waals surface area contributed by atoms with Gasteiger partial charge in [-0.05, 0) is 13.8 Å². The van der Waals surface area contributed by atoms with E-state index in [0.717, 1.165) is 5.69 Å². The SMILES string of the molecule is CCOc1cc(C)nc(NCC(=O)O)n1. The minimum absolute atomic E-state index is 0.213. The van der Waals surface area contributed by atoms with Crippen LogP contribution in [0.2, 0.25) is 0 Å². The first-order chi connectivity index (χ1) is 7.11. The quantitative estimate of drug-likeness (QED) is 0.745. The topological polar surface area (TPSA) is 84.3 Å². The summed E-state index contributed by atoms with van der Waals surface area (Å²) in [5.41, 5.74) is 0.723. The lowest BCUT2D eigenvalue weighted by Gasteiger charge is -2.06. The molecular weight excluding hydrogens is 198 g/mol. The number of nitrogens with one attached hydrogen (secondary N) is 1. The predicted molar refractivity (Wildman–Crippen MR) is 54.1 cm³/mol. The van der Waals surface area contributed by atoms with E-state index < -0.39 is 5.97 Å². The average molecular weight is 211 g/mol. The Kier molecular flexibility index (Phi) is 3.84. The molecule has 0 spiro atoms. The zero-order valence-corrected chi connectivity index (χ0v) is 8.65. The smallest absolute Gasteiger partial charge is 0.322 e. The minimum atomic E-state index is -0.960. The summed E-state index contributed by atoms with van der Waals surface area (Å²) in [6.07, 6.45) is 0. The van der Waals surface area contributed by atoms with Crippen molar-refractivity contribution in [3.8, 4) is 5.88 Å². The summed E-state index contributed by atoms with van der Waals surface area (Å²) in [5, 5.41) is 11.0. The molecule has 0 aliphatic carbocycles. The van der Waals surface area contributed by atoms with Gasteiger partial charge in [-0.15, -0.1) is 0 Å². The Morgan fingerprint density at radius 1 is 1.60 bits per heavy atom. The molecule has 1 aromatic rings. The molecule has 15 heavy (non-hydrogen) atoms. The Bertz CT molecular complexity index is 354. The summed E-state index contributed by atoms with van der Waals surface area (Å²) < 4.78 is 5.20. The predicted octanol–water partition coefficient (Wildman–Crippen LogP) is 0.680. The molecule has 0 radical (unpaired) electrons. The van der Waals surface area contributed by atoms with Gasteiger partial charge in [-0.3, -0.25) is 4.79 Å². The van der Waals surface area contributed by atoms with E-state index in [1.807, 2.05) is 6.92 Å². The van der Waals surface area contributed by atoms with Crippen LogP contribution in [0.1, 0.15) is 12.6 Å². The van der Waals surface area contributed by atoms with Crippen molar-refractivity contribution >= 4 is 11.9 Å². The molecule has 1 aromatic heterocycles. The number of carboxylic acids is 1. The summed E-state index contributed by atoms with van der Waals surface area (Å²) in [7, 11) is 0. The minimum Gasteiger partial charge on any atom is -0.480 e. The van der Waals surface area contributed by atoms with E-state index in [0.29, 0.717) is 12.5 Å². The van der Waals surface area contributed by atoms with E-state index in [9.17, 15) is 4.79 Å². The van der Waals surface area contributed by atoms with Crippen LogP contribution in [0.5, 0.6) is 5.88 Å². The van der Waals surface area contributed by atoms with Crippen LogP contribution >= 0.6 is 0 Å². The second-order valence-corrected chi connectivity index (χ2v) is 2.85. The molecule has 6 nitrogen and oxygen atoms in total. The van der Waals surface area contributed by atoms with Crippen molar-refractivity contribution in [2.75, 3.05) is 18.5 Å². The van der Waals surface area contributed by atoms with Crippen molar-refractivity contribution in [2.24, 2.45) is 0 Å². The number of nitrogens with zero attached hydrogens (tertiary/aromatic N) is 2. The molecule has 0 saturated heterocycles. The normalized spacial score (nSPS) is 9.73. The van der Waals surface area contributed by atoms with Crippen LogP contribution in [0.15, 0.2) is 6.07 Å². The molecule has 2 N–H and O–H groups in total. The Balaban J connectivity index is 2.74. The molecule has 0 amide bonds. The third-order valence-corrected chi connectivity index (χ3v) is 1.52. The molecule has 0 fully saturated rings. The van der Waals surface area contributed by atoms with E-state index in [1.165, 1.54) is 0 Å². The molecule has 0 unspecified atom stereocenters. The number of hydrogen-bond acceptors (Lipinski definition) is 5. The number of rotatable bonds is 5. The molecule has 1 rings (SSSR count). The third kappa shape index (κ3) is 3.80. The monoisotopic (exact) mass is 211 g/mol. The number of carboxylic acid groups (broad SMARTS) is 1. The number of aliphatic carboxylic acids is 1. The fourth-order valence-corrected chi connectivity index (χ4v) is 0.995. The number of anilines is 1. The van der Waals surface area contributed by atoms with Gasteiger partial charge in [0.05, 0.1) is 6.61 Å². The Morgan fingerprint density at radius 3 is 2.93 bits per heavy atom. The molecule has 82 valence electrons. The maximum absolute atomic E-state index is 10.3. The van der Waals surface area contributed by atoms with E-state index >= 15 is 0 Å². The van der Waals surface area contributed by atoms with Gasteiger partial charge in [-0.1, -0.05) is 0 Å². The van der Waals surface area contributed by atoms with Gasteiger partial charge in [0.25, 0.3) is 0 Å². The van der Waals surface area contributed by atoms with Gasteiger partial charge in [0.2, 0.25) is 11.8 Å². The van der Waals surface area contributed by atoms with Gasteiger partial charge in [0.15, 0.2) is 0 Å². The highest BCUT2D eigenvalue weighted by Crippen LogP contribution is 2.11. The van der Waals surface area contributed by atoms with Crippen molar-refractivity contribution in [1.82, 2.24) is 9.97 Å². The first kappa shape index (κ1) is 11.2. The number of aryl methyl sites for hydroxylation is 1. The van der Waals surface area contributed by atoms with Gasteiger partial charge >= 0.3 is 5.97 Å². The number of aromatic nitrogens is 2. The Morgan fingerprint density at radius 2 is 2.33 bits per heavy atom. The highest BCUT2D eigenvalue weighted by Gasteiger charge is 2.03. The molecular formula is C9H13N3O3. The van der Waals surface area contributed by atoms with Crippen molar-refractivity contribution < 1.29 is 14.6 Å². The van der Waals surface area contributed by atoms with Gasteiger partial charge < -0.3 is 15.2 Å². The van der Waals surface area contributed by atoms with Gasteiger partial charge in [-0.25, -0.2) is 4.98 Å². The molecule has 0 aliphatic rings. The molecule has 6 heteroatoms. The first-order valence-electron chi connectivity index (χ1n) is 4.56. The maximum Gasteiger partial charge on any atom is 0.322 e. The molecule has 0 aromatic carbocycles. The first-order valence-corrected chi connectivity index (χ1v) is 4.56. The third-order valence-electron chi connectivity index (χ3n) is 1.52. The molecule has 0 bridgehead atoms. The maximum atomic E-state index is 10.3. The van der Waals surface area contributed by atoms with Gasteiger partial charge in [0.1, 0.15) is 6.54 Å². The van der Waals surface area contributed by atoms with Crippen molar-refractivity contribution in [1.29, 1.82) is 0 Å². The van der Waals surface area contributed by atoms with Crippen LogP contribution < -0.4 is 10.1 Å². The van der Waals surface area contributed by atoms with Gasteiger partial charge in [-0.2, -0.15) is 4.98 Å². The average Bonchev–Trinajstić information content (AvgIpc) is 2.14. The second kappa shape index (κ2) is 5.14. The Hall–Kier alpha value is -1.85. The molecule has 0 saturated carbocycles. The van der Waals surface area contributed by atoms with Crippen molar-refractivity contribution in [3.05, 3.63) is 11.8 Å². The highest BCUT2D eigenvalue weighted by atomic mass is 16.5. The summed E-state index contributed by atoms with van der Waals surface area (Å²) in [4.78, 5) is 18.3. The Labute approximate surface area is 87.3 Å². The zero-order valence-electron chi connectivity index (χ0n) is 8.65. The summed E-state index contributed by atoms with van der Waals surface area (Å²) in [6.45, 7) is 3.93. The fraction of sp³-hybridized carbons (Fsp3) is 0.444. The lowest BCUT2D eigenvalue weighted by atomic mass is 10.4. The zero-order chi connectivity index (χ0) is 11.3. The van der Waals surface area contributed by atoms with Crippen molar-refractivity contribution in [3.63, 3.8) is 0 Å². The van der Waals surface area contributed by atoms with Crippen LogP contribution in [0, 0.1) is 6.92 Å². The van der Waals surface area contributed by atoms with E-state index in [4.69, 9.17) is 9.84 Å². The summed E-state index contributed by atoms with van der Waals surface area (Å²) >= 11 is 0. The van der Waals surface area contributed by atoms with E-state index in [2.05, 4.69) is 15.3 Å². The van der Waals surface area contributed by atoms with Crippen LogP contribution in [0.4, 0.5) is 5.95 Å². The van der Waals surface area contributed by atoms with Crippen LogP contribution in [-0.2, 0) is 4.79 Å².